The highest BCUT2D eigenvalue weighted by Gasteiger charge is 2.66. The third-order valence-electron chi connectivity index (χ3n) is 5.99. The number of primary amides is 1. The maximum Gasteiger partial charge on any atom is 0.417 e. The standard InChI is InChI=1S/C22H19F7N2O4/c1-9-14(12-6-7-13(23)15(24)16(12)34-20(25)26)17(35-21(9,2)22(27,28)29)19(33)31-11-5-3-4-10(8-11)18(30)32/h3-9,14,17,20H,1-2H3,(H2,30,32)(H,31,33)/t9-,14+,17-,21-/m0/s1. The smallest absolute Gasteiger partial charge is 0.417 e. The Balaban J connectivity index is 2.10. The highest BCUT2D eigenvalue weighted by atomic mass is 19.4. The predicted octanol–water partition coefficient (Wildman–Crippen LogP) is 4.74. The molecule has 13 heteroatoms. The normalized spacial score (nSPS) is 24.5. The SMILES string of the molecule is C[C@H]1[C@H](c2ccc(F)c(F)c2OC(F)F)[C@@H](C(=O)Nc2cccc(C(N)=O)c2)O[C@]1(C)C(F)(F)F. The number of nitrogens with one attached hydrogen (secondary N) is 1. The molecule has 0 aliphatic carbocycles. The van der Waals surface area contributed by atoms with E-state index in [9.17, 15) is 40.3 Å². The van der Waals surface area contributed by atoms with Gasteiger partial charge in [0.1, 0.15) is 6.10 Å². The molecule has 1 aliphatic heterocycles. The van der Waals surface area contributed by atoms with Crippen LogP contribution < -0.4 is 15.8 Å². The van der Waals surface area contributed by atoms with E-state index in [2.05, 4.69) is 10.1 Å². The lowest BCUT2D eigenvalue weighted by molar-refractivity contribution is -0.272. The number of carbonyl (C=O) groups excluding carboxylic acids is 2. The van der Waals surface area contributed by atoms with Gasteiger partial charge in [-0.05, 0) is 31.2 Å². The summed E-state index contributed by atoms with van der Waals surface area (Å²) in [6.07, 6.45) is -7.04. The molecular formula is C22H19F7N2O4. The minimum atomic E-state index is -5.03. The summed E-state index contributed by atoms with van der Waals surface area (Å²) in [4.78, 5) is 24.4. The van der Waals surface area contributed by atoms with E-state index in [1.807, 2.05) is 0 Å². The topological polar surface area (TPSA) is 90.6 Å². The van der Waals surface area contributed by atoms with Gasteiger partial charge in [-0.1, -0.05) is 19.1 Å². The number of benzene rings is 2. The summed E-state index contributed by atoms with van der Waals surface area (Å²) in [5, 5.41) is 2.28. The maximum absolute atomic E-state index is 14.4. The summed E-state index contributed by atoms with van der Waals surface area (Å²) >= 11 is 0. The number of amides is 2. The van der Waals surface area contributed by atoms with Gasteiger partial charge in [0.25, 0.3) is 5.91 Å². The molecule has 0 spiro atoms. The first-order chi connectivity index (χ1) is 16.2. The Morgan fingerprint density at radius 3 is 2.40 bits per heavy atom. The molecule has 0 radical (unpaired) electrons. The van der Waals surface area contributed by atoms with Gasteiger partial charge in [0.2, 0.25) is 11.7 Å². The second kappa shape index (κ2) is 9.36. The number of nitrogens with two attached hydrogens (primary N) is 1. The van der Waals surface area contributed by atoms with Gasteiger partial charge in [-0.15, -0.1) is 0 Å². The quantitative estimate of drug-likeness (QED) is 0.552. The molecule has 0 unspecified atom stereocenters. The Morgan fingerprint density at radius 1 is 1.17 bits per heavy atom. The lowest BCUT2D eigenvalue weighted by Gasteiger charge is -2.32. The molecule has 0 saturated carbocycles. The summed E-state index contributed by atoms with van der Waals surface area (Å²) in [6.45, 7) is -1.95. The van der Waals surface area contributed by atoms with Crippen molar-refractivity contribution in [3.05, 3.63) is 59.2 Å². The Bertz CT molecular complexity index is 1140. The first kappa shape index (κ1) is 26.3. The zero-order chi connectivity index (χ0) is 26.3. The number of hydrogen-bond donors (Lipinski definition) is 2. The van der Waals surface area contributed by atoms with Crippen LogP contribution >= 0.6 is 0 Å². The van der Waals surface area contributed by atoms with Crippen LogP contribution in [0.15, 0.2) is 36.4 Å². The van der Waals surface area contributed by atoms with Crippen molar-refractivity contribution in [2.75, 3.05) is 5.32 Å². The summed E-state index contributed by atoms with van der Waals surface area (Å²) in [7, 11) is 0. The fourth-order valence-corrected chi connectivity index (χ4v) is 4.01. The lowest BCUT2D eigenvalue weighted by Crippen LogP contribution is -2.47. The van der Waals surface area contributed by atoms with Gasteiger partial charge in [0.05, 0.1) is 0 Å². The zero-order valence-electron chi connectivity index (χ0n) is 18.1. The van der Waals surface area contributed by atoms with Gasteiger partial charge in [-0.2, -0.15) is 26.3 Å². The molecule has 35 heavy (non-hydrogen) atoms. The Morgan fingerprint density at radius 2 is 1.83 bits per heavy atom. The van der Waals surface area contributed by atoms with Crippen molar-refractivity contribution in [1.82, 2.24) is 0 Å². The summed E-state index contributed by atoms with van der Waals surface area (Å²) < 4.78 is 105. The van der Waals surface area contributed by atoms with Gasteiger partial charge in [0.15, 0.2) is 17.2 Å². The molecule has 4 atom stereocenters. The van der Waals surface area contributed by atoms with E-state index in [-0.39, 0.29) is 11.3 Å². The van der Waals surface area contributed by atoms with Crippen LogP contribution in [0.5, 0.6) is 5.75 Å². The van der Waals surface area contributed by atoms with Gasteiger partial charge >= 0.3 is 12.8 Å². The van der Waals surface area contributed by atoms with Crippen LogP contribution in [0.25, 0.3) is 0 Å². The van der Waals surface area contributed by atoms with E-state index in [4.69, 9.17) is 10.5 Å². The van der Waals surface area contributed by atoms with E-state index < -0.39 is 71.1 Å². The first-order valence-electron chi connectivity index (χ1n) is 10.1. The van der Waals surface area contributed by atoms with E-state index >= 15 is 0 Å². The molecule has 190 valence electrons. The molecule has 2 aromatic rings. The van der Waals surface area contributed by atoms with Crippen molar-refractivity contribution in [3.8, 4) is 5.75 Å². The predicted molar refractivity (Wildman–Crippen MR) is 108 cm³/mol. The second-order valence-corrected chi connectivity index (χ2v) is 8.05. The molecule has 2 aromatic carbocycles. The third-order valence-corrected chi connectivity index (χ3v) is 5.99. The number of carbonyl (C=O) groups is 2. The third kappa shape index (κ3) is 4.90. The first-order valence-corrected chi connectivity index (χ1v) is 10.1. The Kier molecular flexibility index (Phi) is 7.02. The van der Waals surface area contributed by atoms with Crippen LogP contribution in [0.3, 0.4) is 0 Å². The van der Waals surface area contributed by atoms with Crippen molar-refractivity contribution in [2.24, 2.45) is 11.7 Å². The van der Waals surface area contributed by atoms with Crippen LogP contribution in [0.2, 0.25) is 0 Å². The number of ether oxygens (including phenoxy) is 2. The summed E-state index contributed by atoms with van der Waals surface area (Å²) in [6, 6.07) is 6.41. The molecule has 1 fully saturated rings. The zero-order valence-corrected chi connectivity index (χ0v) is 18.1. The van der Waals surface area contributed by atoms with Crippen LogP contribution in [0.4, 0.5) is 36.4 Å². The molecule has 1 heterocycles. The van der Waals surface area contributed by atoms with Gasteiger partial charge in [-0.25, -0.2) is 4.39 Å². The van der Waals surface area contributed by atoms with Crippen LogP contribution in [-0.4, -0.2) is 36.3 Å². The van der Waals surface area contributed by atoms with Gasteiger partial charge < -0.3 is 20.5 Å². The van der Waals surface area contributed by atoms with Crippen LogP contribution in [0.1, 0.15) is 35.7 Å². The van der Waals surface area contributed by atoms with Crippen molar-refractivity contribution < 1.29 is 49.8 Å². The Hall–Kier alpha value is -3.35. The molecular weight excluding hydrogens is 489 g/mol. The van der Waals surface area contributed by atoms with Crippen LogP contribution in [0, 0.1) is 17.6 Å². The highest BCUT2D eigenvalue weighted by molar-refractivity contribution is 5.98. The van der Waals surface area contributed by atoms with E-state index in [1.165, 1.54) is 18.2 Å². The molecule has 0 bridgehead atoms. The van der Waals surface area contributed by atoms with E-state index in [0.717, 1.165) is 19.1 Å². The summed E-state index contributed by atoms with van der Waals surface area (Å²) in [5.74, 6) is -10.1. The van der Waals surface area contributed by atoms with E-state index in [0.29, 0.717) is 13.0 Å². The number of alkyl halides is 5. The highest BCUT2D eigenvalue weighted by Crippen LogP contribution is 2.55. The molecule has 3 N–H and O–H groups in total. The second-order valence-electron chi connectivity index (χ2n) is 8.05. The minimum absolute atomic E-state index is 0.0200. The number of rotatable bonds is 6. The van der Waals surface area contributed by atoms with E-state index in [1.54, 1.807) is 0 Å². The van der Waals surface area contributed by atoms with Crippen molar-refractivity contribution >= 4 is 17.5 Å². The van der Waals surface area contributed by atoms with Crippen molar-refractivity contribution in [2.45, 2.75) is 44.3 Å². The molecule has 0 aromatic heterocycles. The number of anilines is 1. The molecule has 2 amide bonds. The maximum atomic E-state index is 14.4. The molecule has 3 rings (SSSR count). The fourth-order valence-electron chi connectivity index (χ4n) is 4.01. The molecule has 1 aliphatic rings. The number of hydrogen-bond acceptors (Lipinski definition) is 4. The largest absolute Gasteiger partial charge is 0.431 e. The molecule has 6 nitrogen and oxygen atoms in total. The van der Waals surface area contributed by atoms with Crippen molar-refractivity contribution in [3.63, 3.8) is 0 Å². The van der Waals surface area contributed by atoms with Crippen molar-refractivity contribution in [1.29, 1.82) is 0 Å². The summed E-state index contributed by atoms with van der Waals surface area (Å²) in [5.41, 5.74) is 1.54. The average Bonchev–Trinajstić information content (AvgIpc) is 3.04. The Labute approximate surface area is 194 Å². The van der Waals surface area contributed by atoms with Gasteiger partial charge in [0, 0.05) is 28.7 Å². The fraction of sp³-hybridized carbons (Fsp3) is 0.364. The van der Waals surface area contributed by atoms with Gasteiger partial charge in [-0.3, -0.25) is 9.59 Å². The number of halogens is 7. The minimum Gasteiger partial charge on any atom is -0.431 e. The monoisotopic (exact) mass is 508 g/mol. The molecule has 1 saturated heterocycles. The van der Waals surface area contributed by atoms with Crippen LogP contribution in [-0.2, 0) is 9.53 Å². The average molecular weight is 508 g/mol. The lowest BCUT2D eigenvalue weighted by atomic mass is 9.77.